The van der Waals surface area contributed by atoms with Gasteiger partial charge < -0.3 is 24.8 Å². The minimum absolute atomic E-state index is 0.0548. The van der Waals surface area contributed by atoms with Crippen LogP contribution in [0.2, 0.25) is 0 Å². The predicted octanol–water partition coefficient (Wildman–Crippen LogP) is 11.9. The molecule has 1 aliphatic rings. The number of amides is 3. The monoisotopic (exact) mass is 1180 g/mol. The van der Waals surface area contributed by atoms with Gasteiger partial charge in [-0.3, -0.25) is 44.0 Å². The molecular weight excluding hydrogens is 1100 g/mol. The van der Waals surface area contributed by atoms with Crippen LogP contribution in [-0.4, -0.2) is 99.8 Å². The summed E-state index contributed by atoms with van der Waals surface area (Å²) in [6, 6.07) is 23.5. The van der Waals surface area contributed by atoms with Crippen molar-refractivity contribution in [3.63, 3.8) is 0 Å². The highest BCUT2D eigenvalue weighted by atomic mass is 19.4. The third-order valence-electron chi connectivity index (χ3n) is 13.0. The smallest absolute Gasteiger partial charge is 0.488 e. The fraction of sp³-hybridized carbons (Fsp3) is 0.468. The standard InChI is InChI=1S/C23H30N4O2.C21H23F3N4O4.C18H26N4O2/c1-15-8-13-18-20(24-15)27(21(25-18)26-19(28)14-22(2,3)4)16-9-11-17(12-10-16)29-23(5,6)7;1-19(2,30)11-16(29)27-18-25-14-9-10-15(20(3,4)31)26-17(14)28(18)12-5-7-13(8-6-12)32-21(22,23)24;1-11-6-9-13-15(19-11)22(17(2,3)4)16(20-13)21-14(23)10-18(5,24)12-7-8-12/h8-13H,14H2,1-7H3,(H,25,26,28);5-10,30-31H,11H2,1-4H3,(H,25,27,29);6,9,12,24H,7-8,10H2,1-5H3,(H,20,21,23)/t;;18-/m..1/s1. The minimum atomic E-state index is -4.83. The predicted molar refractivity (Wildman–Crippen MR) is 321 cm³/mol. The van der Waals surface area contributed by atoms with Crippen molar-refractivity contribution < 1.29 is 52.3 Å². The van der Waals surface area contributed by atoms with Crippen molar-refractivity contribution in [2.75, 3.05) is 16.0 Å². The Morgan fingerprint density at radius 1 is 0.518 bits per heavy atom. The number of anilines is 3. The van der Waals surface area contributed by atoms with E-state index in [2.05, 4.69) is 50.6 Å². The molecule has 1 aliphatic carbocycles. The second-order valence-electron chi connectivity index (χ2n) is 26.1. The Morgan fingerprint density at radius 2 is 0.929 bits per heavy atom. The van der Waals surface area contributed by atoms with Crippen molar-refractivity contribution in [2.24, 2.45) is 11.3 Å². The molecule has 0 unspecified atom stereocenters. The summed E-state index contributed by atoms with van der Waals surface area (Å²) < 4.78 is 52.5. The number of carbonyl (C=O) groups excluding carboxylic acids is 3. The first-order chi connectivity index (χ1) is 39.1. The van der Waals surface area contributed by atoms with Crippen LogP contribution in [0.25, 0.3) is 44.9 Å². The molecule has 0 saturated heterocycles. The van der Waals surface area contributed by atoms with E-state index in [4.69, 9.17) is 4.74 Å². The largest absolute Gasteiger partial charge is 0.573 e. The maximum Gasteiger partial charge on any atom is 0.573 e. The average Bonchev–Trinajstić information content (AvgIpc) is 1.90. The number of rotatable bonds is 14. The van der Waals surface area contributed by atoms with E-state index in [1.165, 1.54) is 30.5 Å². The Hall–Kier alpha value is -8.02. The highest BCUT2D eigenvalue weighted by Gasteiger charge is 2.42. The van der Waals surface area contributed by atoms with Gasteiger partial charge in [-0.05, 0) is 199 Å². The maximum atomic E-state index is 12.6. The molecule has 6 heterocycles. The zero-order valence-electron chi connectivity index (χ0n) is 51.2. The molecule has 6 N–H and O–H groups in total. The van der Waals surface area contributed by atoms with E-state index in [0.29, 0.717) is 40.9 Å². The molecule has 1 saturated carbocycles. The van der Waals surface area contributed by atoms with Crippen LogP contribution in [0.5, 0.6) is 11.5 Å². The molecule has 6 aromatic heterocycles. The van der Waals surface area contributed by atoms with E-state index >= 15 is 0 Å². The van der Waals surface area contributed by atoms with Crippen LogP contribution in [0.1, 0.15) is 146 Å². The van der Waals surface area contributed by atoms with Crippen LogP contribution in [0, 0.1) is 25.2 Å². The lowest BCUT2D eigenvalue weighted by molar-refractivity contribution is -0.274. The lowest BCUT2D eigenvalue weighted by atomic mass is 9.92. The van der Waals surface area contributed by atoms with Crippen LogP contribution in [-0.2, 0) is 25.5 Å². The molecule has 0 radical (unpaired) electrons. The van der Waals surface area contributed by atoms with Crippen molar-refractivity contribution in [1.82, 2.24) is 43.6 Å². The molecule has 1 atom stereocenters. The van der Waals surface area contributed by atoms with Gasteiger partial charge in [-0.25, -0.2) is 29.9 Å². The normalized spacial score (nSPS) is 14.0. The molecule has 1 fully saturated rings. The van der Waals surface area contributed by atoms with E-state index in [1.807, 2.05) is 134 Å². The Labute approximate surface area is 492 Å². The first kappa shape index (κ1) is 64.5. The molecule has 20 nitrogen and oxygen atoms in total. The van der Waals surface area contributed by atoms with Crippen molar-refractivity contribution in [1.29, 1.82) is 0 Å². The fourth-order valence-electron chi connectivity index (χ4n) is 9.15. The van der Waals surface area contributed by atoms with E-state index < -0.39 is 34.8 Å². The summed E-state index contributed by atoms with van der Waals surface area (Å²) >= 11 is 0. The number of hydrogen-bond donors (Lipinski definition) is 6. The fourth-order valence-corrected chi connectivity index (χ4v) is 9.15. The molecule has 2 aromatic carbocycles. The number of imidazole rings is 3. The maximum absolute atomic E-state index is 12.6. The molecule has 0 bridgehead atoms. The Kier molecular flexibility index (Phi) is 18.3. The Balaban J connectivity index is 0.000000184. The summed E-state index contributed by atoms with van der Waals surface area (Å²) in [7, 11) is 0. The second-order valence-corrected chi connectivity index (χ2v) is 26.1. The Bertz CT molecular complexity index is 3700. The summed E-state index contributed by atoms with van der Waals surface area (Å²) in [6.07, 6.45) is -2.58. The Morgan fingerprint density at radius 3 is 1.36 bits per heavy atom. The number of fused-ring (bicyclic) bond motifs is 3. The number of aliphatic hydroxyl groups is 3. The molecule has 0 aliphatic heterocycles. The number of pyridine rings is 3. The lowest BCUT2D eigenvalue weighted by Gasteiger charge is -2.25. The quantitative estimate of drug-likeness (QED) is 0.0592. The van der Waals surface area contributed by atoms with Crippen molar-refractivity contribution in [2.45, 2.75) is 177 Å². The summed E-state index contributed by atoms with van der Waals surface area (Å²) in [5.74, 6) is 0.797. The van der Waals surface area contributed by atoms with Crippen molar-refractivity contribution >= 4 is 69.1 Å². The van der Waals surface area contributed by atoms with Gasteiger partial charge in [0.15, 0.2) is 16.9 Å². The van der Waals surface area contributed by atoms with Crippen LogP contribution in [0.15, 0.2) is 84.9 Å². The minimum Gasteiger partial charge on any atom is -0.488 e. The zero-order valence-corrected chi connectivity index (χ0v) is 51.2. The first-order valence-electron chi connectivity index (χ1n) is 28.0. The number of halogens is 3. The molecule has 0 spiro atoms. The summed E-state index contributed by atoms with van der Waals surface area (Å²) in [5.41, 5.74) is 2.80. The molecule has 8 aromatic rings. The third-order valence-corrected chi connectivity index (χ3v) is 13.0. The highest BCUT2D eigenvalue weighted by molar-refractivity contribution is 5.94. The number of nitrogens with zero attached hydrogens (tertiary/aromatic N) is 9. The summed E-state index contributed by atoms with van der Waals surface area (Å²) in [6.45, 7) is 30.0. The van der Waals surface area contributed by atoms with Crippen molar-refractivity contribution in [3.8, 4) is 22.9 Å². The van der Waals surface area contributed by atoms with Gasteiger partial charge in [-0.2, -0.15) is 0 Å². The molecule has 23 heteroatoms. The van der Waals surface area contributed by atoms with Crippen molar-refractivity contribution in [3.05, 3.63) is 102 Å². The van der Waals surface area contributed by atoms with Gasteiger partial charge in [0.1, 0.15) is 39.3 Å². The second kappa shape index (κ2) is 24.2. The van der Waals surface area contributed by atoms with Gasteiger partial charge in [0.25, 0.3) is 0 Å². The number of hydrogen-bond acceptors (Lipinski definition) is 14. The van der Waals surface area contributed by atoms with Gasteiger partial charge in [0, 0.05) is 23.3 Å². The molecule has 456 valence electrons. The summed E-state index contributed by atoms with van der Waals surface area (Å²) in [5, 5.41) is 39.1. The molecule has 85 heavy (non-hydrogen) atoms. The molecular formula is C62H79F3N12O8. The number of ether oxygens (including phenoxy) is 2. The van der Waals surface area contributed by atoms with Crippen LogP contribution in [0.3, 0.4) is 0 Å². The van der Waals surface area contributed by atoms with Gasteiger partial charge in [0.2, 0.25) is 35.6 Å². The topological polar surface area (TPSA) is 259 Å². The number of benzene rings is 2. The van der Waals surface area contributed by atoms with E-state index in [1.54, 1.807) is 32.9 Å². The average molecular weight is 1180 g/mol. The van der Waals surface area contributed by atoms with E-state index in [-0.39, 0.29) is 58.7 Å². The zero-order chi connectivity index (χ0) is 63.0. The van der Waals surface area contributed by atoms with E-state index in [0.717, 1.165) is 64.5 Å². The summed E-state index contributed by atoms with van der Waals surface area (Å²) in [4.78, 5) is 64.6. The SMILES string of the molecule is CC(C)(O)CC(=O)Nc1nc2ccc(C(C)(C)O)nc2n1-c1ccc(OC(F)(F)F)cc1.Cc1ccc2nc(NC(=O)CC(C)(C)C)n(-c3ccc(OC(C)(C)C)cc3)c2n1.Cc1ccc2nc(NC(=O)C[C@@](C)(O)C3CC3)n(C(C)(C)C)c2n1. The number of alkyl halides is 3. The number of aryl methyl sites for hydroxylation is 2. The number of nitrogens with one attached hydrogen (secondary N) is 3. The van der Waals surface area contributed by atoms with Gasteiger partial charge in [0.05, 0.1) is 41.1 Å². The first-order valence-corrected chi connectivity index (χ1v) is 28.0. The van der Waals surface area contributed by atoms with Gasteiger partial charge in [-0.15, -0.1) is 13.2 Å². The molecule has 9 rings (SSSR count). The van der Waals surface area contributed by atoms with Gasteiger partial charge >= 0.3 is 6.36 Å². The van der Waals surface area contributed by atoms with Crippen LogP contribution >= 0.6 is 0 Å². The highest BCUT2D eigenvalue weighted by Crippen LogP contribution is 2.41. The van der Waals surface area contributed by atoms with Crippen LogP contribution in [0.4, 0.5) is 31.0 Å². The number of carbonyl (C=O) groups is 3. The molecule has 3 amide bonds. The third kappa shape index (κ3) is 17.8. The van der Waals surface area contributed by atoms with Gasteiger partial charge in [-0.1, -0.05) is 20.8 Å². The van der Waals surface area contributed by atoms with E-state index in [9.17, 15) is 42.9 Å². The lowest BCUT2D eigenvalue weighted by Crippen LogP contribution is -2.34. The number of aromatic nitrogens is 9. The van der Waals surface area contributed by atoms with Crippen LogP contribution < -0.4 is 25.4 Å².